The van der Waals surface area contributed by atoms with Crippen molar-refractivity contribution in [2.75, 3.05) is 0 Å². The zero-order valence-corrected chi connectivity index (χ0v) is 6.30. The molecule has 0 aliphatic rings. The van der Waals surface area contributed by atoms with Crippen molar-refractivity contribution in [1.29, 1.82) is 0 Å². The van der Waals surface area contributed by atoms with Crippen LogP contribution in [0, 0.1) is 4.77 Å². The Hall–Kier alpha value is -1.36. The third-order valence-corrected chi connectivity index (χ3v) is 1.50. The Morgan fingerprint density at radius 1 is 1.27 bits per heavy atom. The summed E-state index contributed by atoms with van der Waals surface area (Å²) in [7, 11) is 0. The maximum Gasteiger partial charge on any atom is 0.197 e. The number of hydrogen-bond donors (Lipinski definition) is 1. The summed E-state index contributed by atoms with van der Waals surface area (Å²) in [4.78, 5) is 14.6. The quantitative estimate of drug-likeness (QED) is 0.592. The maximum absolute atomic E-state index is 4.82. The predicted octanol–water partition coefficient (Wildman–Crippen LogP) is 1.08. The minimum Gasteiger partial charge on any atom is -0.328 e. The number of aromatic amines is 1. The van der Waals surface area contributed by atoms with E-state index in [4.69, 9.17) is 12.2 Å². The summed E-state index contributed by atoms with van der Waals surface area (Å²) in [6.07, 6.45) is 4.76. The van der Waals surface area contributed by atoms with Crippen molar-refractivity contribution >= 4 is 23.3 Å². The third-order valence-electron chi connectivity index (χ3n) is 1.29. The van der Waals surface area contributed by atoms with Gasteiger partial charge in [0.05, 0.1) is 17.9 Å². The van der Waals surface area contributed by atoms with Crippen LogP contribution in [0.3, 0.4) is 0 Å². The molecular weight excluding hydrogens is 160 g/mol. The largest absolute Gasteiger partial charge is 0.328 e. The molecule has 2 heterocycles. The molecule has 0 saturated heterocycles. The molecule has 1 N–H and O–H groups in total. The molecular formula is C6H4N4S. The first-order valence-corrected chi connectivity index (χ1v) is 3.42. The first-order chi connectivity index (χ1) is 5.36. The number of rotatable bonds is 0. The average Bonchev–Trinajstić information content (AvgIpc) is 2.04. The van der Waals surface area contributed by atoms with Gasteiger partial charge in [0.25, 0.3) is 0 Å². The molecule has 4 nitrogen and oxygen atoms in total. The first kappa shape index (κ1) is 6.36. The van der Waals surface area contributed by atoms with Gasteiger partial charge in [-0.3, -0.25) is 0 Å². The third kappa shape index (κ3) is 1.10. The smallest absolute Gasteiger partial charge is 0.197 e. The highest BCUT2D eigenvalue weighted by Crippen LogP contribution is 2.01. The van der Waals surface area contributed by atoms with Crippen LogP contribution in [0.2, 0.25) is 0 Å². The molecule has 0 radical (unpaired) electrons. The summed E-state index contributed by atoms with van der Waals surface area (Å²) in [5.74, 6) is 0. The van der Waals surface area contributed by atoms with Crippen LogP contribution in [0.15, 0.2) is 18.7 Å². The molecule has 0 aromatic carbocycles. The first-order valence-electron chi connectivity index (χ1n) is 3.01. The lowest BCUT2D eigenvalue weighted by atomic mass is 10.4. The zero-order chi connectivity index (χ0) is 7.68. The van der Waals surface area contributed by atoms with E-state index in [1.165, 1.54) is 6.33 Å². The normalized spacial score (nSPS) is 10.2. The van der Waals surface area contributed by atoms with Crippen molar-refractivity contribution < 1.29 is 0 Å². The standard InChI is InChI=1S/C6H4N4S/c11-6-8-2-4-5(10-6)1-7-3-9-4/h1-3H,(H,8,10,11). The number of nitrogens with one attached hydrogen (secondary N) is 1. The van der Waals surface area contributed by atoms with Gasteiger partial charge >= 0.3 is 0 Å². The Kier molecular flexibility index (Phi) is 1.36. The van der Waals surface area contributed by atoms with Crippen LogP contribution in [0.1, 0.15) is 0 Å². The molecule has 0 spiro atoms. The second kappa shape index (κ2) is 2.35. The fraction of sp³-hybridized carbons (Fsp3) is 0. The van der Waals surface area contributed by atoms with E-state index in [-0.39, 0.29) is 0 Å². The Bertz CT molecular complexity index is 436. The number of fused-ring (bicyclic) bond motifs is 1. The molecule has 0 aliphatic heterocycles. The van der Waals surface area contributed by atoms with Gasteiger partial charge in [0.15, 0.2) is 4.77 Å². The minimum absolute atomic E-state index is 0.451. The molecule has 2 aromatic rings. The molecule has 0 aliphatic carbocycles. The molecule has 0 unspecified atom stereocenters. The summed E-state index contributed by atoms with van der Waals surface area (Å²) < 4.78 is 0.451. The SMILES string of the molecule is S=c1ncc2ncncc2[nH]1. The van der Waals surface area contributed by atoms with E-state index in [9.17, 15) is 0 Å². The van der Waals surface area contributed by atoms with Gasteiger partial charge < -0.3 is 4.98 Å². The van der Waals surface area contributed by atoms with Crippen LogP contribution >= 0.6 is 12.2 Å². The molecule has 0 bridgehead atoms. The van der Waals surface area contributed by atoms with E-state index < -0.39 is 0 Å². The number of nitrogens with zero attached hydrogens (tertiary/aromatic N) is 3. The molecule has 11 heavy (non-hydrogen) atoms. The van der Waals surface area contributed by atoms with Crippen molar-refractivity contribution in [3.8, 4) is 0 Å². The van der Waals surface area contributed by atoms with Crippen molar-refractivity contribution in [3.05, 3.63) is 23.5 Å². The van der Waals surface area contributed by atoms with Gasteiger partial charge in [-0.2, -0.15) is 0 Å². The van der Waals surface area contributed by atoms with Crippen molar-refractivity contribution in [2.45, 2.75) is 0 Å². The van der Waals surface area contributed by atoms with Crippen LogP contribution in [-0.4, -0.2) is 19.9 Å². The molecule has 2 rings (SSSR count). The van der Waals surface area contributed by atoms with Gasteiger partial charge in [-0.05, 0) is 12.2 Å². The van der Waals surface area contributed by atoms with Crippen LogP contribution in [0.25, 0.3) is 11.0 Å². The molecule has 2 aromatic heterocycles. The summed E-state index contributed by atoms with van der Waals surface area (Å²) >= 11 is 4.82. The molecule has 0 saturated carbocycles. The van der Waals surface area contributed by atoms with E-state index in [1.807, 2.05) is 0 Å². The van der Waals surface area contributed by atoms with E-state index in [0.717, 1.165) is 11.0 Å². The fourth-order valence-electron chi connectivity index (χ4n) is 0.806. The lowest BCUT2D eigenvalue weighted by Crippen LogP contribution is -1.86. The van der Waals surface area contributed by atoms with E-state index >= 15 is 0 Å². The van der Waals surface area contributed by atoms with Crippen molar-refractivity contribution in [3.63, 3.8) is 0 Å². The van der Waals surface area contributed by atoms with Gasteiger partial charge in [-0.15, -0.1) is 0 Å². The second-order valence-electron chi connectivity index (χ2n) is 2.01. The summed E-state index contributed by atoms with van der Waals surface area (Å²) in [6.45, 7) is 0. The van der Waals surface area contributed by atoms with Gasteiger partial charge in [0.1, 0.15) is 11.8 Å². The van der Waals surface area contributed by atoms with Gasteiger partial charge in [0.2, 0.25) is 0 Å². The molecule has 0 fully saturated rings. The van der Waals surface area contributed by atoms with Gasteiger partial charge in [-0.25, -0.2) is 15.0 Å². The lowest BCUT2D eigenvalue weighted by molar-refractivity contribution is 1.13. The Morgan fingerprint density at radius 3 is 3.09 bits per heavy atom. The summed E-state index contributed by atoms with van der Waals surface area (Å²) in [5.41, 5.74) is 1.58. The maximum atomic E-state index is 4.82. The fourth-order valence-corrected chi connectivity index (χ4v) is 0.968. The second-order valence-corrected chi connectivity index (χ2v) is 2.40. The van der Waals surface area contributed by atoms with Crippen LogP contribution in [0.5, 0.6) is 0 Å². The topological polar surface area (TPSA) is 54.5 Å². The minimum atomic E-state index is 0.451. The number of H-pyrrole nitrogens is 1. The number of hydrogen-bond acceptors (Lipinski definition) is 4. The molecule has 0 atom stereocenters. The highest BCUT2D eigenvalue weighted by Gasteiger charge is 1.91. The molecule has 0 amide bonds. The molecule has 54 valence electrons. The monoisotopic (exact) mass is 164 g/mol. The number of aromatic nitrogens is 4. The van der Waals surface area contributed by atoms with Crippen LogP contribution < -0.4 is 0 Å². The van der Waals surface area contributed by atoms with Crippen molar-refractivity contribution in [2.24, 2.45) is 0 Å². The highest BCUT2D eigenvalue weighted by molar-refractivity contribution is 7.71. The van der Waals surface area contributed by atoms with Gasteiger partial charge in [-0.1, -0.05) is 0 Å². The predicted molar refractivity (Wildman–Crippen MR) is 42.5 cm³/mol. The Balaban J connectivity index is 2.94. The average molecular weight is 164 g/mol. The zero-order valence-electron chi connectivity index (χ0n) is 5.48. The summed E-state index contributed by atoms with van der Waals surface area (Å²) in [5, 5.41) is 0. The van der Waals surface area contributed by atoms with E-state index in [0.29, 0.717) is 4.77 Å². The Labute approximate surface area is 67.4 Å². The Morgan fingerprint density at radius 2 is 2.18 bits per heavy atom. The van der Waals surface area contributed by atoms with Crippen molar-refractivity contribution in [1.82, 2.24) is 19.9 Å². The highest BCUT2D eigenvalue weighted by atomic mass is 32.1. The van der Waals surface area contributed by atoms with E-state index in [2.05, 4.69) is 19.9 Å². The van der Waals surface area contributed by atoms with Gasteiger partial charge in [0, 0.05) is 0 Å². The van der Waals surface area contributed by atoms with Crippen LogP contribution in [0.4, 0.5) is 0 Å². The van der Waals surface area contributed by atoms with Crippen LogP contribution in [-0.2, 0) is 0 Å². The lowest BCUT2D eigenvalue weighted by Gasteiger charge is -1.92. The molecule has 5 heteroatoms. The summed E-state index contributed by atoms with van der Waals surface area (Å²) in [6, 6.07) is 0. The van der Waals surface area contributed by atoms with E-state index in [1.54, 1.807) is 12.4 Å².